The number of phenols is 2. The minimum Gasteiger partial charge on any atom is -0.507 e. The molecule has 0 fully saturated rings. The maximum atomic E-state index is 10.9. The maximum Gasteiger partial charge on any atom is 0.161 e. The van der Waals surface area contributed by atoms with Crippen LogP contribution in [0.25, 0.3) is 6.08 Å². The fourth-order valence-corrected chi connectivity index (χ4v) is 3.23. The molecular weight excluding hydrogens is 348 g/mol. The number of allylic oxidation sites excluding steroid dienone is 1. The molecule has 0 aliphatic rings. The first-order valence-corrected chi connectivity index (χ1v) is 9.77. The van der Waals surface area contributed by atoms with Gasteiger partial charge in [0.1, 0.15) is 5.75 Å². The van der Waals surface area contributed by atoms with E-state index in [9.17, 15) is 10.2 Å². The zero-order valence-corrected chi connectivity index (χ0v) is 18.4. The number of ether oxygens (including phenoxy) is 1. The van der Waals surface area contributed by atoms with Gasteiger partial charge < -0.3 is 14.9 Å². The van der Waals surface area contributed by atoms with Crippen molar-refractivity contribution in [2.24, 2.45) is 0 Å². The van der Waals surface area contributed by atoms with Crippen LogP contribution >= 0.6 is 0 Å². The van der Waals surface area contributed by atoms with Gasteiger partial charge in [-0.2, -0.15) is 0 Å². The van der Waals surface area contributed by atoms with Crippen molar-refractivity contribution < 1.29 is 14.9 Å². The third-order valence-corrected chi connectivity index (χ3v) is 5.06. The molecule has 0 amide bonds. The van der Waals surface area contributed by atoms with Crippen LogP contribution in [0.5, 0.6) is 17.2 Å². The first kappa shape index (κ1) is 21.9. The Labute approximate surface area is 169 Å². The molecule has 2 aromatic rings. The Hall–Kier alpha value is -2.42. The molecule has 0 saturated carbocycles. The van der Waals surface area contributed by atoms with Crippen molar-refractivity contribution in [2.75, 3.05) is 7.11 Å². The molecule has 0 heterocycles. The lowest BCUT2D eigenvalue weighted by atomic mass is 9.77. The molecule has 2 rings (SSSR count). The predicted octanol–water partition coefficient (Wildman–Crippen LogP) is 6.52. The summed E-state index contributed by atoms with van der Waals surface area (Å²) in [7, 11) is 1.55. The summed E-state index contributed by atoms with van der Waals surface area (Å²) in [5, 5.41) is 20.7. The first-order chi connectivity index (χ1) is 12.8. The number of hydrogen-bond donors (Lipinski definition) is 2. The summed E-state index contributed by atoms with van der Waals surface area (Å²) in [5.74, 6) is 1.17. The van der Waals surface area contributed by atoms with Gasteiger partial charge >= 0.3 is 0 Å². The van der Waals surface area contributed by atoms with Gasteiger partial charge in [-0.25, -0.2) is 0 Å². The van der Waals surface area contributed by atoms with Crippen molar-refractivity contribution in [3.8, 4) is 17.2 Å². The zero-order valence-electron chi connectivity index (χ0n) is 18.4. The van der Waals surface area contributed by atoms with Crippen LogP contribution in [-0.4, -0.2) is 17.3 Å². The predicted molar refractivity (Wildman–Crippen MR) is 118 cm³/mol. The lowest BCUT2D eigenvalue weighted by Crippen LogP contribution is -2.18. The minimum absolute atomic E-state index is 0.135. The van der Waals surface area contributed by atoms with Crippen LogP contribution in [0.15, 0.2) is 36.4 Å². The summed E-state index contributed by atoms with van der Waals surface area (Å²) in [5.41, 5.74) is 3.80. The van der Waals surface area contributed by atoms with Gasteiger partial charge in [-0.05, 0) is 51.1 Å². The van der Waals surface area contributed by atoms with Crippen molar-refractivity contribution in [3.05, 3.63) is 58.7 Å². The van der Waals surface area contributed by atoms with E-state index >= 15 is 0 Å². The second kappa shape index (κ2) is 7.90. The van der Waals surface area contributed by atoms with Gasteiger partial charge in [0.15, 0.2) is 11.5 Å². The highest BCUT2D eigenvalue weighted by Crippen LogP contribution is 2.41. The molecule has 1 unspecified atom stereocenters. The van der Waals surface area contributed by atoms with Crippen molar-refractivity contribution in [2.45, 2.75) is 65.2 Å². The van der Waals surface area contributed by atoms with Crippen LogP contribution in [0.1, 0.15) is 76.6 Å². The van der Waals surface area contributed by atoms with Crippen molar-refractivity contribution in [1.29, 1.82) is 0 Å². The number of phenolic OH excluding ortho intramolecular Hbond substituents is 2. The zero-order chi connectivity index (χ0) is 21.3. The van der Waals surface area contributed by atoms with E-state index in [4.69, 9.17) is 4.74 Å². The van der Waals surface area contributed by atoms with E-state index in [0.717, 1.165) is 16.7 Å². The van der Waals surface area contributed by atoms with Crippen molar-refractivity contribution >= 4 is 6.08 Å². The molecule has 3 nitrogen and oxygen atoms in total. The summed E-state index contributed by atoms with van der Waals surface area (Å²) in [6, 6.07) is 9.56. The van der Waals surface area contributed by atoms with E-state index in [-0.39, 0.29) is 22.5 Å². The normalized spacial score (nSPS) is 13.7. The third-order valence-electron chi connectivity index (χ3n) is 5.06. The largest absolute Gasteiger partial charge is 0.507 e. The average molecular weight is 383 g/mol. The Kier molecular flexibility index (Phi) is 6.18. The topological polar surface area (TPSA) is 49.7 Å². The molecule has 0 saturated heterocycles. The summed E-state index contributed by atoms with van der Waals surface area (Å²) in [6.07, 6.45) is 4.17. The second-order valence-electron chi connectivity index (χ2n) is 9.54. The molecule has 28 heavy (non-hydrogen) atoms. The van der Waals surface area contributed by atoms with Crippen LogP contribution in [0.3, 0.4) is 0 Å². The van der Waals surface area contributed by atoms with Gasteiger partial charge in [-0.15, -0.1) is 0 Å². The second-order valence-corrected chi connectivity index (χ2v) is 9.54. The number of methoxy groups -OCH3 is 1. The molecule has 0 aliphatic carbocycles. The molecule has 2 aromatic carbocycles. The molecule has 0 spiro atoms. The highest BCUT2D eigenvalue weighted by atomic mass is 16.5. The van der Waals surface area contributed by atoms with E-state index < -0.39 is 0 Å². The third kappa shape index (κ3) is 4.89. The molecule has 0 aromatic heterocycles. The lowest BCUT2D eigenvalue weighted by Gasteiger charge is -2.29. The van der Waals surface area contributed by atoms with Crippen molar-refractivity contribution in [3.63, 3.8) is 0 Å². The van der Waals surface area contributed by atoms with Gasteiger partial charge in [0.05, 0.1) is 7.11 Å². The molecule has 0 bridgehead atoms. The molecule has 2 N–H and O–H groups in total. The summed E-state index contributed by atoms with van der Waals surface area (Å²) in [6.45, 7) is 14.9. The quantitative estimate of drug-likeness (QED) is 0.633. The molecule has 1 atom stereocenters. The molecular formula is C25H34O3. The van der Waals surface area contributed by atoms with E-state index in [0.29, 0.717) is 11.5 Å². The van der Waals surface area contributed by atoms with Crippen LogP contribution < -0.4 is 4.74 Å². The fourth-order valence-electron chi connectivity index (χ4n) is 3.23. The fraction of sp³-hybridized carbons (Fsp3) is 0.440. The van der Waals surface area contributed by atoms with Crippen LogP contribution in [0.4, 0.5) is 0 Å². The molecule has 3 heteroatoms. The number of hydrogen-bond acceptors (Lipinski definition) is 3. The number of benzene rings is 2. The highest BCUT2D eigenvalue weighted by molar-refractivity contribution is 5.57. The van der Waals surface area contributed by atoms with Gasteiger partial charge in [0.2, 0.25) is 0 Å². The summed E-state index contributed by atoms with van der Waals surface area (Å²) < 4.78 is 5.18. The molecule has 0 aliphatic heterocycles. The van der Waals surface area contributed by atoms with Crippen molar-refractivity contribution in [1.82, 2.24) is 0 Å². The van der Waals surface area contributed by atoms with Gasteiger partial charge in [0.25, 0.3) is 0 Å². The maximum absolute atomic E-state index is 10.9. The Morgan fingerprint density at radius 1 is 0.893 bits per heavy atom. The van der Waals surface area contributed by atoms with E-state index in [1.165, 1.54) is 5.56 Å². The standard InChI is InChI=1S/C25H34O3/c1-16(9-10-17-11-12-21(26)22(13-17)28-8)18-14-19(24(2,3)4)23(27)20(15-18)25(5,6)7/h9-16,26-27H,1-8H3. The number of rotatable bonds is 4. The molecule has 152 valence electrons. The van der Waals surface area contributed by atoms with E-state index in [1.54, 1.807) is 13.2 Å². The van der Waals surface area contributed by atoms with Gasteiger partial charge in [-0.3, -0.25) is 0 Å². The SMILES string of the molecule is COc1cc(C=CC(C)c2cc(C(C)(C)C)c(O)c(C(C)(C)C)c2)ccc1O. The average Bonchev–Trinajstić information content (AvgIpc) is 2.58. The van der Waals surface area contributed by atoms with Crippen LogP contribution in [0.2, 0.25) is 0 Å². The van der Waals surface area contributed by atoms with Gasteiger partial charge in [0, 0.05) is 0 Å². The van der Waals surface area contributed by atoms with Crippen LogP contribution in [0, 0.1) is 0 Å². The summed E-state index contributed by atoms with van der Waals surface area (Å²) >= 11 is 0. The lowest BCUT2D eigenvalue weighted by molar-refractivity contribution is 0.373. The Bertz CT molecular complexity index is 829. The Balaban J connectivity index is 2.46. The Morgan fingerprint density at radius 2 is 1.43 bits per heavy atom. The van der Waals surface area contributed by atoms with E-state index in [2.05, 4.69) is 66.7 Å². The van der Waals surface area contributed by atoms with Crippen LogP contribution in [-0.2, 0) is 10.8 Å². The first-order valence-electron chi connectivity index (χ1n) is 9.77. The molecule has 0 radical (unpaired) electrons. The Morgan fingerprint density at radius 3 is 1.89 bits per heavy atom. The number of aromatic hydroxyl groups is 2. The minimum atomic E-state index is -0.145. The smallest absolute Gasteiger partial charge is 0.161 e. The van der Waals surface area contributed by atoms with E-state index in [1.807, 2.05) is 18.2 Å². The van der Waals surface area contributed by atoms with Gasteiger partial charge in [-0.1, -0.05) is 78.8 Å². The summed E-state index contributed by atoms with van der Waals surface area (Å²) in [4.78, 5) is 0. The highest BCUT2D eigenvalue weighted by Gasteiger charge is 2.27. The monoisotopic (exact) mass is 382 g/mol.